The molecule has 1 aromatic rings. The van der Waals surface area contributed by atoms with Crippen LogP contribution < -0.4 is 5.32 Å². The SMILES string of the molecule is Cn1cc(NCCCS(C)(=O)=O)cn1. The Balaban J connectivity index is 2.23. The highest BCUT2D eigenvalue weighted by Gasteiger charge is 2.01. The van der Waals surface area contributed by atoms with E-state index in [2.05, 4.69) is 10.4 Å². The summed E-state index contributed by atoms with van der Waals surface area (Å²) in [6.07, 6.45) is 5.42. The Bertz CT molecular complexity index is 383. The Morgan fingerprint density at radius 3 is 2.79 bits per heavy atom. The monoisotopic (exact) mass is 217 g/mol. The standard InChI is InChI=1S/C8H15N3O2S/c1-11-7-8(6-10-11)9-4-3-5-14(2,12)13/h6-7,9H,3-5H2,1-2H3. The summed E-state index contributed by atoms with van der Waals surface area (Å²) in [5.74, 6) is 0.222. The number of anilines is 1. The van der Waals surface area contributed by atoms with E-state index in [1.165, 1.54) is 6.26 Å². The maximum absolute atomic E-state index is 10.8. The molecule has 0 unspecified atom stereocenters. The van der Waals surface area contributed by atoms with Crippen LogP contribution in [0.15, 0.2) is 12.4 Å². The fourth-order valence-corrected chi connectivity index (χ4v) is 1.75. The van der Waals surface area contributed by atoms with Crippen molar-refractivity contribution in [3.8, 4) is 0 Å². The summed E-state index contributed by atoms with van der Waals surface area (Å²) in [5, 5.41) is 7.07. The van der Waals surface area contributed by atoms with Crippen LogP contribution in [0, 0.1) is 0 Å². The Morgan fingerprint density at radius 1 is 1.57 bits per heavy atom. The number of hydrogen-bond donors (Lipinski definition) is 1. The number of nitrogens with zero attached hydrogens (tertiary/aromatic N) is 2. The molecular weight excluding hydrogens is 202 g/mol. The summed E-state index contributed by atoms with van der Waals surface area (Å²) >= 11 is 0. The van der Waals surface area contributed by atoms with Crippen LogP contribution in [0.3, 0.4) is 0 Å². The lowest BCUT2D eigenvalue weighted by Crippen LogP contribution is -2.09. The average molecular weight is 217 g/mol. The third-order valence-corrected chi connectivity index (χ3v) is 2.76. The van der Waals surface area contributed by atoms with Crippen molar-refractivity contribution in [2.24, 2.45) is 7.05 Å². The first-order chi connectivity index (χ1) is 6.47. The van der Waals surface area contributed by atoms with Crippen LogP contribution in [0.2, 0.25) is 0 Å². The van der Waals surface area contributed by atoms with Crippen molar-refractivity contribution in [3.63, 3.8) is 0 Å². The molecule has 0 saturated heterocycles. The van der Waals surface area contributed by atoms with Crippen LogP contribution in [0.25, 0.3) is 0 Å². The van der Waals surface area contributed by atoms with Gasteiger partial charge in [-0.05, 0) is 6.42 Å². The number of sulfone groups is 1. The van der Waals surface area contributed by atoms with Gasteiger partial charge >= 0.3 is 0 Å². The van der Waals surface area contributed by atoms with Crippen molar-refractivity contribution in [2.75, 3.05) is 23.9 Å². The number of aryl methyl sites for hydroxylation is 1. The highest BCUT2D eigenvalue weighted by Crippen LogP contribution is 2.02. The lowest BCUT2D eigenvalue weighted by Gasteiger charge is -2.01. The predicted octanol–water partition coefficient (Wildman–Crippen LogP) is 0.267. The molecule has 5 nitrogen and oxygen atoms in total. The fraction of sp³-hybridized carbons (Fsp3) is 0.625. The van der Waals surface area contributed by atoms with Crippen LogP contribution in [-0.2, 0) is 16.9 Å². The first-order valence-corrected chi connectivity index (χ1v) is 6.44. The topological polar surface area (TPSA) is 64.0 Å². The van der Waals surface area contributed by atoms with Gasteiger partial charge in [-0.25, -0.2) is 8.42 Å². The van der Waals surface area contributed by atoms with Crippen molar-refractivity contribution in [1.29, 1.82) is 0 Å². The lowest BCUT2D eigenvalue weighted by molar-refractivity contribution is 0.600. The molecule has 0 aromatic carbocycles. The smallest absolute Gasteiger partial charge is 0.147 e. The second-order valence-electron chi connectivity index (χ2n) is 3.31. The van der Waals surface area contributed by atoms with Gasteiger partial charge < -0.3 is 5.32 Å². The molecule has 6 heteroatoms. The highest BCUT2D eigenvalue weighted by atomic mass is 32.2. The molecule has 1 N–H and O–H groups in total. The van der Waals surface area contributed by atoms with Gasteiger partial charge in [-0.3, -0.25) is 4.68 Å². The normalized spacial score (nSPS) is 11.6. The molecule has 0 bridgehead atoms. The van der Waals surface area contributed by atoms with E-state index >= 15 is 0 Å². The minimum Gasteiger partial charge on any atom is -0.382 e. The molecule has 0 amide bonds. The number of rotatable bonds is 5. The first kappa shape index (κ1) is 11.0. The highest BCUT2D eigenvalue weighted by molar-refractivity contribution is 7.90. The third kappa shape index (κ3) is 4.27. The van der Waals surface area contributed by atoms with Gasteiger partial charge in [-0.1, -0.05) is 0 Å². The van der Waals surface area contributed by atoms with Crippen LogP contribution in [0.1, 0.15) is 6.42 Å². The van der Waals surface area contributed by atoms with E-state index in [-0.39, 0.29) is 5.75 Å². The zero-order valence-electron chi connectivity index (χ0n) is 8.40. The molecule has 0 spiro atoms. The van der Waals surface area contributed by atoms with E-state index in [0.717, 1.165) is 5.69 Å². The molecule has 0 saturated carbocycles. The number of aromatic nitrogens is 2. The quantitative estimate of drug-likeness (QED) is 0.719. The molecule has 14 heavy (non-hydrogen) atoms. The molecule has 1 aromatic heterocycles. The van der Waals surface area contributed by atoms with Gasteiger partial charge in [0.2, 0.25) is 0 Å². The van der Waals surface area contributed by atoms with Crippen LogP contribution in [-0.4, -0.2) is 36.8 Å². The fourth-order valence-electron chi connectivity index (χ4n) is 1.08. The van der Waals surface area contributed by atoms with Gasteiger partial charge in [0.25, 0.3) is 0 Å². The van der Waals surface area contributed by atoms with E-state index in [4.69, 9.17) is 0 Å². The second-order valence-corrected chi connectivity index (χ2v) is 5.57. The van der Waals surface area contributed by atoms with E-state index in [1.54, 1.807) is 10.9 Å². The molecule has 0 radical (unpaired) electrons. The van der Waals surface area contributed by atoms with Crippen LogP contribution >= 0.6 is 0 Å². The van der Waals surface area contributed by atoms with Gasteiger partial charge in [0, 0.05) is 26.0 Å². The zero-order valence-corrected chi connectivity index (χ0v) is 9.21. The molecule has 80 valence electrons. The van der Waals surface area contributed by atoms with Gasteiger partial charge in [0.15, 0.2) is 0 Å². The predicted molar refractivity (Wildman–Crippen MR) is 56.0 cm³/mol. The van der Waals surface area contributed by atoms with Crippen LogP contribution in [0.5, 0.6) is 0 Å². The average Bonchev–Trinajstić information content (AvgIpc) is 2.44. The van der Waals surface area contributed by atoms with Crippen molar-refractivity contribution < 1.29 is 8.42 Å². The van der Waals surface area contributed by atoms with Crippen molar-refractivity contribution >= 4 is 15.5 Å². The first-order valence-electron chi connectivity index (χ1n) is 4.37. The summed E-state index contributed by atoms with van der Waals surface area (Å²) in [5.41, 5.74) is 0.918. The Morgan fingerprint density at radius 2 is 2.29 bits per heavy atom. The maximum atomic E-state index is 10.8. The van der Waals surface area contributed by atoms with Gasteiger partial charge in [-0.2, -0.15) is 5.10 Å². The molecule has 0 aliphatic rings. The van der Waals surface area contributed by atoms with Gasteiger partial charge in [0.1, 0.15) is 9.84 Å². The largest absolute Gasteiger partial charge is 0.382 e. The summed E-state index contributed by atoms with van der Waals surface area (Å²) in [6, 6.07) is 0. The molecular formula is C8H15N3O2S. The van der Waals surface area contributed by atoms with E-state index in [9.17, 15) is 8.42 Å². The molecule has 0 atom stereocenters. The van der Waals surface area contributed by atoms with Gasteiger partial charge in [-0.15, -0.1) is 0 Å². The second kappa shape index (κ2) is 4.45. The Kier molecular flexibility index (Phi) is 3.51. The van der Waals surface area contributed by atoms with Crippen molar-refractivity contribution in [3.05, 3.63) is 12.4 Å². The summed E-state index contributed by atoms with van der Waals surface area (Å²) in [7, 11) is -0.999. The van der Waals surface area contributed by atoms with Crippen molar-refractivity contribution in [1.82, 2.24) is 9.78 Å². The number of nitrogens with one attached hydrogen (secondary N) is 1. The number of hydrogen-bond acceptors (Lipinski definition) is 4. The van der Waals surface area contributed by atoms with E-state index < -0.39 is 9.84 Å². The molecule has 1 heterocycles. The summed E-state index contributed by atoms with van der Waals surface area (Å²) in [6.45, 7) is 0.652. The molecule has 1 rings (SSSR count). The Labute approximate surface area is 84.0 Å². The minimum atomic E-state index is -2.83. The van der Waals surface area contributed by atoms with E-state index in [0.29, 0.717) is 13.0 Å². The maximum Gasteiger partial charge on any atom is 0.147 e. The molecule has 0 fully saturated rings. The van der Waals surface area contributed by atoms with Crippen molar-refractivity contribution in [2.45, 2.75) is 6.42 Å². The lowest BCUT2D eigenvalue weighted by atomic mass is 10.4. The van der Waals surface area contributed by atoms with Crippen LogP contribution in [0.4, 0.5) is 5.69 Å². The Hall–Kier alpha value is -1.04. The molecule has 0 aliphatic carbocycles. The molecule has 0 aliphatic heterocycles. The van der Waals surface area contributed by atoms with E-state index in [1.807, 2.05) is 13.2 Å². The zero-order chi connectivity index (χ0) is 10.6. The third-order valence-electron chi connectivity index (χ3n) is 1.73. The summed E-state index contributed by atoms with van der Waals surface area (Å²) < 4.78 is 23.3. The summed E-state index contributed by atoms with van der Waals surface area (Å²) in [4.78, 5) is 0. The minimum absolute atomic E-state index is 0.222. The van der Waals surface area contributed by atoms with Gasteiger partial charge in [0.05, 0.1) is 17.6 Å².